The second-order valence-electron chi connectivity index (χ2n) is 5.07. The second kappa shape index (κ2) is 7.34. The average Bonchev–Trinajstić information content (AvgIpc) is 2.99. The topological polar surface area (TPSA) is 117 Å². The summed E-state index contributed by atoms with van der Waals surface area (Å²) in [6.07, 6.45) is 0.358. The maximum atomic E-state index is 12.3. The number of carboxylic acid groups (broad SMARTS) is 1. The molecule has 1 atom stereocenters. The third-order valence-corrected chi connectivity index (χ3v) is 5.07. The Kier molecular flexibility index (Phi) is 5.68. The van der Waals surface area contributed by atoms with Crippen LogP contribution in [-0.2, 0) is 19.6 Å². The summed E-state index contributed by atoms with van der Waals surface area (Å²) in [4.78, 5) is 28.6. The fourth-order valence-corrected chi connectivity index (χ4v) is 3.50. The van der Waals surface area contributed by atoms with Gasteiger partial charge in [-0.1, -0.05) is 0 Å². The van der Waals surface area contributed by atoms with E-state index in [0.29, 0.717) is 12.2 Å². The van der Waals surface area contributed by atoms with Gasteiger partial charge in [-0.25, -0.2) is 13.4 Å². The minimum atomic E-state index is -3.68. The first-order valence-electron chi connectivity index (χ1n) is 6.73. The lowest BCUT2D eigenvalue weighted by Crippen LogP contribution is -2.51. The first-order chi connectivity index (χ1) is 10.8. The van der Waals surface area contributed by atoms with Crippen LogP contribution < -0.4 is 0 Å². The molecule has 23 heavy (non-hydrogen) atoms. The van der Waals surface area contributed by atoms with Crippen molar-refractivity contribution >= 4 is 33.2 Å². The number of carbonyl (C=O) groups is 2. The molecule has 9 nitrogen and oxygen atoms in total. The zero-order valence-corrected chi connectivity index (χ0v) is 14.0. The molecule has 1 saturated heterocycles. The number of morpholine rings is 1. The fraction of sp³-hybridized carbons (Fsp3) is 0.583. The molecular formula is C12H17N3O6S2. The van der Waals surface area contributed by atoms with Gasteiger partial charge < -0.3 is 14.7 Å². The van der Waals surface area contributed by atoms with Crippen LogP contribution >= 0.6 is 11.3 Å². The molecular weight excluding hydrogens is 346 g/mol. The largest absolute Gasteiger partial charge is 0.480 e. The normalized spacial score (nSPS) is 19.0. The molecule has 11 heteroatoms. The van der Waals surface area contributed by atoms with Gasteiger partial charge in [-0.15, -0.1) is 11.3 Å². The van der Waals surface area contributed by atoms with Crippen LogP contribution in [-0.4, -0.2) is 84.7 Å². The van der Waals surface area contributed by atoms with Crippen LogP contribution in [0.5, 0.6) is 0 Å². The van der Waals surface area contributed by atoms with Crippen LogP contribution in [0.15, 0.2) is 10.9 Å². The minimum Gasteiger partial charge on any atom is -0.480 e. The predicted octanol–water partition coefficient (Wildman–Crippen LogP) is -0.670. The minimum absolute atomic E-state index is 0.119. The van der Waals surface area contributed by atoms with Gasteiger partial charge in [0.2, 0.25) is 10.0 Å². The summed E-state index contributed by atoms with van der Waals surface area (Å²) in [6.45, 7) is 0.0581. The van der Waals surface area contributed by atoms with E-state index in [9.17, 15) is 18.0 Å². The first kappa shape index (κ1) is 17.8. The molecule has 1 fully saturated rings. The number of rotatable bonds is 6. The molecule has 2 rings (SSSR count). The number of amides is 1. The van der Waals surface area contributed by atoms with E-state index in [1.54, 1.807) is 10.9 Å². The number of aromatic nitrogens is 1. The maximum Gasteiger partial charge on any atom is 0.318 e. The number of hydrogen-bond acceptors (Lipinski definition) is 7. The van der Waals surface area contributed by atoms with E-state index in [0.717, 1.165) is 10.6 Å². The molecule has 0 aromatic carbocycles. The number of hydrogen-bond donors (Lipinski definition) is 1. The highest BCUT2D eigenvalue weighted by Gasteiger charge is 2.30. The van der Waals surface area contributed by atoms with Crippen LogP contribution in [0, 0.1) is 0 Å². The van der Waals surface area contributed by atoms with Crippen LogP contribution in [0.25, 0.3) is 0 Å². The number of nitrogens with zero attached hydrogens (tertiary/aromatic N) is 3. The van der Waals surface area contributed by atoms with Gasteiger partial charge in [-0.3, -0.25) is 9.59 Å². The third-order valence-electron chi connectivity index (χ3n) is 3.27. The predicted molar refractivity (Wildman–Crippen MR) is 81.8 cm³/mol. The Balaban J connectivity index is 2.02. The second-order valence-corrected chi connectivity index (χ2v) is 7.77. The van der Waals surface area contributed by atoms with E-state index in [1.807, 2.05) is 0 Å². The highest BCUT2D eigenvalue weighted by atomic mass is 32.2. The Morgan fingerprint density at radius 2 is 2.30 bits per heavy atom. The molecule has 1 amide bonds. The van der Waals surface area contributed by atoms with Crippen molar-refractivity contribution < 1.29 is 27.9 Å². The van der Waals surface area contributed by atoms with Crippen LogP contribution in [0.2, 0.25) is 0 Å². The van der Waals surface area contributed by atoms with Gasteiger partial charge in [0.05, 0.1) is 24.5 Å². The SMILES string of the molecule is CS(=O)(=O)N(CC(=O)O)CC1CN(C(=O)c2cscn2)CCO1. The quantitative estimate of drug-likeness (QED) is 0.712. The number of aliphatic carboxylic acids is 1. The molecule has 1 aromatic rings. The summed E-state index contributed by atoms with van der Waals surface area (Å²) in [7, 11) is -3.68. The Labute approximate surface area is 137 Å². The lowest BCUT2D eigenvalue weighted by Gasteiger charge is -2.34. The van der Waals surface area contributed by atoms with E-state index in [1.165, 1.54) is 16.2 Å². The number of sulfonamides is 1. The summed E-state index contributed by atoms with van der Waals surface area (Å²) < 4.78 is 29.6. The Morgan fingerprint density at radius 1 is 1.57 bits per heavy atom. The monoisotopic (exact) mass is 363 g/mol. The summed E-state index contributed by atoms with van der Waals surface area (Å²) in [5.41, 5.74) is 1.89. The van der Waals surface area contributed by atoms with Crippen molar-refractivity contribution in [3.63, 3.8) is 0 Å². The van der Waals surface area contributed by atoms with Crippen molar-refractivity contribution in [3.05, 3.63) is 16.6 Å². The van der Waals surface area contributed by atoms with Crippen molar-refractivity contribution in [2.75, 3.05) is 39.0 Å². The molecule has 0 radical (unpaired) electrons. The van der Waals surface area contributed by atoms with Gasteiger partial charge >= 0.3 is 5.97 Å². The number of thiazole rings is 1. The summed E-state index contributed by atoms with van der Waals surface area (Å²) in [5.74, 6) is -1.50. The Bertz CT molecular complexity index is 660. The fourth-order valence-electron chi connectivity index (χ4n) is 2.19. The molecule has 1 N–H and O–H groups in total. The van der Waals surface area contributed by atoms with Crippen LogP contribution in [0.1, 0.15) is 10.5 Å². The Morgan fingerprint density at radius 3 is 2.87 bits per heavy atom. The summed E-state index contributed by atoms with van der Waals surface area (Å²) in [5, 5.41) is 10.5. The maximum absolute atomic E-state index is 12.3. The van der Waals surface area contributed by atoms with E-state index < -0.39 is 28.6 Å². The summed E-state index contributed by atoms with van der Waals surface area (Å²) in [6, 6.07) is 0. The van der Waals surface area contributed by atoms with Gasteiger partial charge in [0.25, 0.3) is 5.91 Å². The third kappa shape index (κ3) is 4.96. The van der Waals surface area contributed by atoms with Gasteiger partial charge in [-0.2, -0.15) is 4.31 Å². The van der Waals surface area contributed by atoms with Crippen molar-refractivity contribution in [3.8, 4) is 0 Å². The smallest absolute Gasteiger partial charge is 0.318 e. The van der Waals surface area contributed by atoms with Gasteiger partial charge in [0.1, 0.15) is 12.2 Å². The van der Waals surface area contributed by atoms with E-state index in [-0.39, 0.29) is 25.6 Å². The zero-order chi connectivity index (χ0) is 17.0. The number of carboxylic acids is 1. The molecule has 2 heterocycles. The molecule has 128 valence electrons. The van der Waals surface area contributed by atoms with Crippen LogP contribution in [0.3, 0.4) is 0 Å². The van der Waals surface area contributed by atoms with Gasteiger partial charge in [-0.05, 0) is 0 Å². The standard InChI is InChI=1S/C12H17N3O6S2/c1-23(19,20)15(6-11(16)17)5-9-4-14(2-3-21-9)12(18)10-7-22-8-13-10/h7-9H,2-6H2,1H3,(H,16,17). The zero-order valence-electron chi connectivity index (χ0n) is 12.4. The Hall–Kier alpha value is -1.56. The first-order valence-corrected chi connectivity index (χ1v) is 9.52. The van der Waals surface area contributed by atoms with Crippen molar-refractivity contribution in [1.82, 2.24) is 14.2 Å². The van der Waals surface area contributed by atoms with Crippen molar-refractivity contribution in [1.29, 1.82) is 0 Å². The highest BCUT2D eigenvalue weighted by Crippen LogP contribution is 2.13. The van der Waals surface area contributed by atoms with Crippen molar-refractivity contribution in [2.24, 2.45) is 0 Å². The molecule has 0 aliphatic carbocycles. The molecule has 1 aliphatic rings. The molecule has 1 unspecified atom stereocenters. The average molecular weight is 363 g/mol. The van der Waals surface area contributed by atoms with E-state index in [4.69, 9.17) is 9.84 Å². The molecule has 1 aliphatic heterocycles. The molecule has 0 saturated carbocycles. The lowest BCUT2D eigenvalue weighted by atomic mass is 10.2. The van der Waals surface area contributed by atoms with Crippen molar-refractivity contribution in [2.45, 2.75) is 6.10 Å². The van der Waals surface area contributed by atoms with Crippen LogP contribution in [0.4, 0.5) is 0 Å². The number of ether oxygens (including phenoxy) is 1. The van der Waals surface area contributed by atoms with Gasteiger partial charge in [0.15, 0.2) is 0 Å². The highest BCUT2D eigenvalue weighted by molar-refractivity contribution is 7.88. The summed E-state index contributed by atoms with van der Waals surface area (Å²) >= 11 is 1.31. The van der Waals surface area contributed by atoms with Gasteiger partial charge in [0, 0.05) is 25.0 Å². The number of carbonyl (C=O) groups excluding carboxylic acids is 1. The lowest BCUT2D eigenvalue weighted by molar-refractivity contribution is -0.137. The molecule has 1 aromatic heterocycles. The molecule has 0 bridgehead atoms. The van der Waals surface area contributed by atoms with E-state index >= 15 is 0 Å². The molecule has 0 spiro atoms. The van der Waals surface area contributed by atoms with E-state index in [2.05, 4.69) is 4.98 Å².